The minimum atomic E-state index is -0.228. The van der Waals surface area contributed by atoms with E-state index in [0.717, 1.165) is 32.4 Å². The molecule has 3 rings (SSSR count). The highest BCUT2D eigenvalue weighted by Gasteiger charge is 2.50. The highest BCUT2D eigenvalue weighted by Crippen LogP contribution is 2.51. The fraction of sp³-hybridized carbons (Fsp3) is 0.778. The van der Waals surface area contributed by atoms with Gasteiger partial charge in [-0.05, 0) is 36.5 Å². The molecule has 1 aromatic heterocycles. The van der Waals surface area contributed by atoms with Crippen molar-refractivity contribution >= 4 is 11.8 Å². The van der Waals surface area contributed by atoms with Gasteiger partial charge in [-0.1, -0.05) is 26.0 Å². The molecule has 0 aromatic carbocycles. The number of nitrogens with zero attached hydrogens (tertiary/aromatic N) is 4. The molecule has 138 valence electrons. The number of amides is 2. The summed E-state index contributed by atoms with van der Waals surface area (Å²) in [5.74, 6) is 1.20. The van der Waals surface area contributed by atoms with E-state index in [4.69, 9.17) is 0 Å². The second-order valence-electron chi connectivity index (χ2n) is 8.51. The van der Waals surface area contributed by atoms with Crippen molar-refractivity contribution in [3.63, 3.8) is 0 Å². The molecule has 1 aliphatic heterocycles. The lowest BCUT2D eigenvalue weighted by atomic mass is 9.88. The molecule has 0 spiro atoms. The maximum absolute atomic E-state index is 12.8. The van der Waals surface area contributed by atoms with Crippen molar-refractivity contribution < 1.29 is 9.59 Å². The zero-order valence-electron chi connectivity index (χ0n) is 15.7. The van der Waals surface area contributed by atoms with Crippen LogP contribution in [0.4, 0.5) is 0 Å². The van der Waals surface area contributed by atoms with E-state index in [-0.39, 0.29) is 17.2 Å². The second-order valence-corrected chi connectivity index (χ2v) is 8.51. The van der Waals surface area contributed by atoms with Crippen LogP contribution < -0.4 is 5.32 Å². The SMILES string of the molecule is CNC(=O)c1cn(CC2CCCN(C(=O)[C@@H]3C[C@H]3C(C)(C)C)C2)nn1. The fourth-order valence-electron chi connectivity index (χ4n) is 3.96. The van der Waals surface area contributed by atoms with Crippen molar-refractivity contribution in [2.24, 2.45) is 23.2 Å². The van der Waals surface area contributed by atoms with Crippen molar-refractivity contribution in [1.82, 2.24) is 25.2 Å². The average Bonchev–Trinajstić information content (AvgIpc) is 3.27. The lowest BCUT2D eigenvalue weighted by Gasteiger charge is -2.33. The third kappa shape index (κ3) is 4.02. The van der Waals surface area contributed by atoms with Gasteiger partial charge in [-0.25, -0.2) is 0 Å². The van der Waals surface area contributed by atoms with E-state index >= 15 is 0 Å². The molecule has 1 aliphatic carbocycles. The highest BCUT2D eigenvalue weighted by molar-refractivity contribution is 5.91. The summed E-state index contributed by atoms with van der Waals surface area (Å²) in [5.41, 5.74) is 0.546. The Balaban J connectivity index is 1.56. The monoisotopic (exact) mass is 347 g/mol. The lowest BCUT2D eigenvalue weighted by molar-refractivity contribution is -0.135. The molecule has 1 saturated heterocycles. The van der Waals surface area contributed by atoms with Gasteiger partial charge in [-0.15, -0.1) is 5.10 Å². The number of likely N-dealkylation sites (tertiary alicyclic amines) is 1. The van der Waals surface area contributed by atoms with Crippen molar-refractivity contribution in [3.8, 4) is 0 Å². The van der Waals surface area contributed by atoms with E-state index in [1.165, 1.54) is 0 Å². The van der Waals surface area contributed by atoms with E-state index in [1.54, 1.807) is 17.9 Å². The smallest absolute Gasteiger partial charge is 0.273 e. The van der Waals surface area contributed by atoms with Crippen LogP contribution in [-0.2, 0) is 11.3 Å². The largest absolute Gasteiger partial charge is 0.354 e. The molecule has 1 aromatic rings. The Bertz CT molecular complexity index is 648. The Hall–Kier alpha value is -1.92. The van der Waals surface area contributed by atoms with Gasteiger partial charge in [0.05, 0.1) is 6.20 Å². The summed E-state index contributed by atoms with van der Waals surface area (Å²) in [6, 6.07) is 0. The van der Waals surface area contributed by atoms with Gasteiger partial charge in [-0.2, -0.15) is 0 Å². The molecule has 2 aliphatic rings. The summed E-state index contributed by atoms with van der Waals surface area (Å²) >= 11 is 0. The first kappa shape index (κ1) is 17.9. The van der Waals surface area contributed by atoms with Crippen molar-refractivity contribution in [2.45, 2.75) is 46.6 Å². The van der Waals surface area contributed by atoms with E-state index in [1.807, 2.05) is 4.90 Å². The standard InChI is InChI=1S/C18H29N5O2/c1-18(2,3)14-8-13(14)17(25)22-7-5-6-12(9-22)10-23-11-15(20-21-23)16(24)19-4/h11-14H,5-10H2,1-4H3,(H,19,24)/t12?,13-,14-/m1/s1. The minimum absolute atomic E-state index is 0.213. The topological polar surface area (TPSA) is 80.1 Å². The summed E-state index contributed by atoms with van der Waals surface area (Å²) in [5, 5.41) is 10.5. The first-order valence-electron chi connectivity index (χ1n) is 9.20. The third-order valence-electron chi connectivity index (χ3n) is 5.49. The van der Waals surface area contributed by atoms with Gasteiger partial charge in [0, 0.05) is 32.6 Å². The summed E-state index contributed by atoms with van der Waals surface area (Å²) < 4.78 is 1.72. The molecular weight excluding hydrogens is 318 g/mol. The van der Waals surface area contributed by atoms with Crippen LogP contribution in [0, 0.1) is 23.2 Å². The van der Waals surface area contributed by atoms with Gasteiger partial charge >= 0.3 is 0 Å². The zero-order chi connectivity index (χ0) is 18.2. The first-order chi connectivity index (χ1) is 11.8. The first-order valence-corrected chi connectivity index (χ1v) is 9.20. The maximum Gasteiger partial charge on any atom is 0.273 e. The van der Waals surface area contributed by atoms with E-state index in [2.05, 4.69) is 36.4 Å². The van der Waals surface area contributed by atoms with E-state index in [0.29, 0.717) is 30.0 Å². The van der Waals surface area contributed by atoms with Crippen LogP contribution in [0.25, 0.3) is 0 Å². The number of nitrogens with one attached hydrogen (secondary N) is 1. The van der Waals surface area contributed by atoms with Crippen LogP contribution in [0.3, 0.4) is 0 Å². The van der Waals surface area contributed by atoms with Gasteiger partial charge in [0.15, 0.2) is 5.69 Å². The molecule has 7 heteroatoms. The maximum atomic E-state index is 12.8. The predicted octanol–water partition coefficient (Wildman–Crippen LogP) is 1.56. The van der Waals surface area contributed by atoms with Crippen molar-refractivity contribution in [2.75, 3.05) is 20.1 Å². The molecule has 0 bridgehead atoms. The Morgan fingerprint density at radius 1 is 1.36 bits per heavy atom. The molecule has 1 N–H and O–H groups in total. The Kier molecular flexibility index (Phi) is 4.84. The number of aromatic nitrogens is 3. The number of hydrogen-bond acceptors (Lipinski definition) is 4. The fourth-order valence-corrected chi connectivity index (χ4v) is 3.96. The number of piperidine rings is 1. The minimum Gasteiger partial charge on any atom is -0.354 e. The summed E-state index contributed by atoms with van der Waals surface area (Å²) in [6.07, 6.45) is 4.81. The van der Waals surface area contributed by atoms with Crippen LogP contribution in [0.2, 0.25) is 0 Å². The highest BCUT2D eigenvalue weighted by atomic mass is 16.2. The molecule has 3 atom stereocenters. The Morgan fingerprint density at radius 3 is 2.76 bits per heavy atom. The second kappa shape index (κ2) is 6.77. The van der Waals surface area contributed by atoms with Crippen LogP contribution in [0.15, 0.2) is 6.20 Å². The Morgan fingerprint density at radius 2 is 2.12 bits per heavy atom. The number of rotatable bonds is 4. The third-order valence-corrected chi connectivity index (χ3v) is 5.49. The van der Waals surface area contributed by atoms with Crippen molar-refractivity contribution in [3.05, 3.63) is 11.9 Å². The van der Waals surface area contributed by atoms with Gasteiger partial charge in [0.2, 0.25) is 5.91 Å². The number of hydrogen-bond donors (Lipinski definition) is 1. The number of carbonyl (C=O) groups excluding carboxylic acids is 2. The summed E-state index contributed by atoms with van der Waals surface area (Å²) in [7, 11) is 1.58. The van der Waals surface area contributed by atoms with Gasteiger partial charge < -0.3 is 10.2 Å². The van der Waals surface area contributed by atoms with Crippen LogP contribution in [-0.4, -0.2) is 51.8 Å². The molecule has 25 heavy (non-hydrogen) atoms. The van der Waals surface area contributed by atoms with Crippen LogP contribution >= 0.6 is 0 Å². The van der Waals surface area contributed by atoms with Crippen LogP contribution in [0.1, 0.15) is 50.5 Å². The van der Waals surface area contributed by atoms with E-state index < -0.39 is 0 Å². The van der Waals surface area contributed by atoms with Crippen LogP contribution in [0.5, 0.6) is 0 Å². The normalized spacial score (nSPS) is 26.4. The van der Waals surface area contributed by atoms with Crippen molar-refractivity contribution in [1.29, 1.82) is 0 Å². The average molecular weight is 347 g/mol. The summed E-state index contributed by atoms with van der Waals surface area (Å²) in [6.45, 7) is 9.00. The molecule has 1 saturated carbocycles. The lowest BCUT2D eigenvalue weighted by Crippen LogP contribution is -2.42. The van der Waals surface area contributed by atoms with Gasteiger partial charge in [-0.3, -0.25) is 14.3 Å². The zero-order valence-corrected chi connectivity index (χ0v) is 15.7. The quantitative estimate of drug-likeness (QED) is 0.896. The molecular formula is C18H29N5O2. The molecule has 2 heterocycles. The van der Waals surface area contributed by atoms with E-state index in [9.17, 15) is 9.59 Å². The predicted molar refractivity (Wildman–Crippen MR) is 93.8 cm³/mol. The summed E-state index contributed by atoms with van der Waals surface area (Å²) in [4.78, 5) is 26.4. The molecule has 7 nitrogen and oxygen atoms in total. The Labute approximate surface area is 149 Å². The van der Waals surface area contributed by atoms with Gasteiger partial charge in [0.1, 0.15) is 0 Å². The molecule has 2 amide bonds. The molecule has 2 fully saturated rings. The number of carbonyl (C=O) groups is 2. The van der Waals surface area contributed by atoms with Gasteiger partial charge in [0.25, 0.3) is 5.91 Å². The molecule has 0 radical (unpaired) electrons. The molecule has 1 unspecified atom stereocenters.